The average Bonchev–Trinajstić information content (AvgIpc) is 2.85. The van der Waals surface area contributed by atoms with Crippen molar-refractivity contribution in [1.82, 2.24) is 9.55 Å². The van der Waals surface area contributed by atoms with E-state index >= 15 is 0 Å². The third-order valence-corrected chi connectivity index (χ3v) is 3.82. The minimum Gasteiger partial charge on any atom is -0.494 e. The molecule has 4 heteroatoms. The second-order valence-corrected chi connectivity index (χ2v) is 5.33. The number of para-hydroxylation sites is 1. The molecule has 3 nitrogen and oxygen atoms in total. The van der Waals surface area contributed by atoms with Crippen molar-refractivity contribution in [2.24, 2.45) is 0 Å². The number of hydrogen-bond donors (Lipinski definition) is 0. The molecule has 0 radical (unpaired) electrons. The number of hydrogen-bond acceptors (Lipinski definition) is 2. The zero-order valence-electron chi connectivity index (χ0n) is 12.1. The van der Waals surface area contributed by atoms with E-state index < -0.39 is 0 Å². The third kappa shape index (κ3) is 2.61. The van der Waals surface area contributed by atoms with Crippen LogP contribution in [0.2, 0.25) is 0 Å². The highest BCUT2D eigenvalue weighted by atomic mass is 35.5. The fraction of sp³-hybridized carbons (Fsp3) is 0.235. The molecule has 0 aliphatic rings. The highest BCUT2D eigenvalue weighted by Crippen LogP contribution is 2.27. The van der Waals surface area contributed by atoms with Gasteiger partial charge in [-0.25, -0.2) is 4.98 Å². The summed E-state index contributed by atoms with van der Waals surface area (Å²) in [5.74, 6) is 2.02. The Morgan fingerprint density at radius 1 is 1.19 bits per heavy atom. The predicted octanol–water partition coefficient (Wildman–Crippen LogP) is 4.14. The van der Waals surface area contributed by atoms with Gasteiger partial charge in [-0.05, 0) is 24.6 Å². The van der Waals surface area contributed by atoms with Gasteiger partial charge in [-0.1, -0.05) is 35.9 Å². The maximum absolute atomic E-state index is 6.07. The molecule has 1 heterocycles. The largest absolute Gasteiger partial charge is 0.494 e. The van der Waals surface area contributed by atoms with Crippen molar-refractivity contribution in [2.75, 3.05) is 7.11 Å². The number of fused-ring (bicyclic) bond motifs is 1. The first-order valence-electron chi connectivity index (χ1n) is 6.86. The van der Waals surface area contributed by atoms with Gasteiger partial charge in [0.25, 0.3) is 0 Å². The van der Waals surface area contributed by atoms with Crippen molar-refractivity contribution in [3.8, 4) is 5.75 Å². The number of ether oxygens (including phenoxy) is 1. The number of aryl methyl sites for hydroxylation is 1. The molecule has 0 amide bonds. The summed E-state index contributed by atoms with van der Waals surface area (Å²) in [4.78, 5) is 4.63. The summed E-state index contributed by atoms with van der Waals surface area (Å²) >= 11 is 6.07. The molecule has 0 atom stereocenters. The van der Waals surface area contributed by atoms with Crippen LogP contribution in [0.3, 0.4) is 0 Å². The maximum atomic E-state index is 6.07. The van der Waals surface area contributed by atoms with Crippen LogP contribution in [-0.4, -0.2) is 16.7 Å². The normalized spacial score (nSPS) is 11.0. The molecule has 1 aromatic heterocycles. The van der Waals surface area contributed by atoms with Gasteiger partial charge < -0.3 is 9.30 Å². The molecule has 21 heavy (non-hydrogen) atoms. The highest BCUT2D eigenvalue weighted by Gasteiger charge is 2.13. The second-order valence-electron chi connectivity index (χ2n) is 5.06. The fourth-order valence-electron chi connectivity index (χ4n) is 2.61. The van der Waals surface area contributed by atoms with E-state index in [0.717, 1.165) is 29.2 Å². The fourth-order valence-corrected chi connectivity index (χ4v) is 2.81. The number of benzene rings is 2. The van der Waals surface area contributed by atoms with Crippen LogP contribution in [0.25, 0.3) is 11.0 Å². The van der Waals surface area contributed by atoms with Crippen molar-refractivity contribution in [2.45, 2.75) is 19.3 Å². The number of nitrogens with zero attached hydrogens (tertiary/aromatic N) is 2. The Morgan fingerprint density at radius 3 is 2.71 bits per heavy atom. The SMILES string of the molecule is COc1cccc2c1nc(CCl)n2Cc1cccc(C)c1. The summed E-state index contributed by atoms with van der Waals surface area (Å²) in [6.45, 7) is 2.86. The van der Waals surface area contributed by atoms with E-state index in [1.54, 1.807) is 7.11 Å². The zero-order valence-corrected chi connectivity index (χ0v) is 12.9. The lowest BCUT2D eigenvalue weighted by molar-refractivity contribution is 0.419. The van der Waals surface area contributed by atoms with Crippen molar-refractivity contribution in [3.05, 3.63) is 59.4 Å². The van der Waals surface area contributed by atoms with Crippen LogP contribution in [-0.2, 0) is 12.4 Å². The van der Waals surface area contributed by atoms with Crippen LogP contribution in [0.4, 0.5) is 0 Å². The minimum atomic E-state index is 0.379. The van der Waals surface area contributed by atoms with Crippen molar-refractivity contribution < 1.29 is 4.74 Å². The van der Waals surface area contributed by atoms with Crippen LogP contribution in [0.5, 0.6) is 5.75 Å². The van der Waals surface area contributed by atoms with E-state index in [4.69, 9.17) is 16.3 Å². The van der Waals surface area contributed by atoms with Crippen LogP contribution < -0.4 is 4.74 Å². The Morgan fingerprint density at radius 2 is 2.00 bits per heavy atom. The monoisotopic (exact) mass is 300 g/mol. The molecule has 2 aromatic carbocycles. The van der Waals surface area contributed by atoms with Gasteiger partial charge >= 0.3 is 0 Å². The molecular weight excluding hydrogens is 284 g/mol. The molecule has 0 N–H and O–H groups in total. The molecule has 108 valence electrons. The Labute approximate surface area is 129 Å². The van der Waals surface area contributed by atoms with Gasteiger partial charge in [0.15, 0.2) is 0 Å². The standard InChI is InChI=1S/C17H17ClN2O/c1-12-5-3-6-13(9-12)11-20-14-7-4-8-15(21-2)17(14)19-16(20)10-18/h3-9H,10-11H2,1-2H3. The maximum Gasteiger partial charge on any atom is 0.146 e. The highest BCUT2D eigenvalue weighted by molar-refractivity contribution is 6.16. The number of alkyl halides is 1. The summed E-state index contributed by atoms with van der Waals surface area (Å²) < 4.78 is 7.54. The van der Waals surface area contributed by atoms with Crippen LogP contribution in [0.15, 0.2) is 42.5 Å². The van der Waals surface area contributed by atoms with Gasteiger partial charge in [0, 0.05) is 6.54 Å². The predicted molar refractivity (Wildman–Crippen MR) is 86.1 cm³/mol. The molecule has 0 saturated carbocycles. The number of rotatable bonds is 4. The summed E-state index contributed by atoms with van der Waals surface area (Å²) in [5.41, 5.74) is 4.40. The summed E-state index contributed by atoms with van der Waals surface area (Å²) in [6.07, 6.45) is 0. The molecule has 0 bridgehead atoms. The van der Waals surface area contributed by atoms with Gasteiger partial charge in [0.1, 0.15) is 17.1 Å². The third-order valence-electron chi connectivity index (χ3n) is 3.58. The molecule has 0 fully saturated rings. The molecule has 0 saturated heterocycles. The average molecular weight is 301 g/mol. The van der Waals surface area contributed by atoms with E-state index in [2.05, 4.69) is 46.8 Å². The zero-order chi connectivity index (χ0) is 14.8. The lowest BCUT2D eigenvalue weighted by atomic mass is 10.1. The molecule has 0 unspecified atom stereocenters. The van der Waals surface area contributed by atoms with Crippen LogP contribution in [0, 0.1) is 6.92 Å². The smallest absolute Gasteiger partial charge is 0.146 e. The van der Waals surface area contributed by atoms with Gasteiger partial charge in [-0.15, -0.1) is 11.6 Å². The minimum absolute atomic E-state index is 0.379. The summed E-state index contributed by atoms with van der Waals surface area (Å²) in [5, 5.41) is 0. The van der Waals surface area contributed by atoms with Gasteiger partial charge in [0.2, 0.25) is 0 Å². The molecule has 3 aromatic rings. The molecular formula is C17H17ClN2O. The topological polar surface area (TPSA) is 27.1 Å². The van der Waals surface area contributed by atoms with Gasteiger partial charge in [0.05, 0.1) is 18.5 Å². The Hall–Kier alpha value is -2.00. The quantitative estimate of drug-likeness (QED) is 0.677. The van der Waals surface area contributed by atoms with Crippen LogP contribution in [0.1, 0.15) is 17.0 Å². The first-order chi connectivity index (χ1) is 10.2. The summed E-state index contributed by atoms with van der Waals surface area (Å²) in [7, 11) is 1.66. The van der Waals surface area contributed by atoms with E-state index in [0.29, 0.717) is 5.88 Å². The van der Waals surface area contributed by atoms with E-state index in [1.807, 2.05) is 12.1 Å². The number of aromatic nitrogens is 2. The Balaban J connectivity index is 2.12. The molecule has 3 rings (SSSR count). The molecule has 0 aliphatic carbocycles. The number of methoxy groups -OCH3 is 1. The van der Waals surface area contributed by atoms with Crippen molar-refractivity contribution in [3.63, 3.8) is 0 Å². The van der Waals surface area contributed by atoms with Crippen LogP contribution >= 0.6 is 11.6 Å². The van der Waals surface area contributed by atoms with E-state index in [-0.39, 0.29) is 0 Å². The molecule has 0 aliphatic heterocycles. The molecule has 0 spiro atoms. The number of imidazole rings is 1. The lowest BCUT2D eigenvalue weighted by Crippen LogP contribution is -2.03. The van der Waals surface area contributed by atoms with Gasteiger partial charge in [-0.2, -0.15) is 0 Å². The number of halogens is 1. The lowest BCUT2D eigenvalue weighted by Gasteiger charge is -2.09. The van der Waals surface area contributed by atoms with E-state index in [1.165, 1.54) is 11.1 Å². The van der Waals surface area contributed by atoms with E-state index in [9.17, 15) is 0 Å². The summed E-state index contributed by atoms with van der Waals surface area (Å²) in [6, 6.07) is 14.4. The Bertz CT molecular complexity index is 780. The van der Waals surface area contributed by atoms with Gasteiger partial charge in [-0.3, -0.25) is 0 Å². The first kappa shape index (κ1) is 14.0. The Kier molecular flexibility index (Phi) is 3.84. The first-order valence-corrected chi connectivity index (χ1v) is 7.40. The van der Waals surface area contributed by atoms with Crippen molar-refractivity contribution in [1.29, 1.82) is 0 Å². The second kappa shape index (κ2) is 5.78. The van der Waals surface area contributed by atoms with Crippen molar-refractivity contribution >= 4 is 22.6 Å².